The molecule has 0 aliphatic carbocycles. The van der Waals surface area contributed by atoms with Gasteiger partial charge in [0.15, 0.2) is 0 Å². The van der Waals surface area contributed by atoms with Crippen molar-refractivity contribution in [3.8, 4) is 0 Å². The summed E-state index contributed by atoms with van der Waals surface area (Å²) < 4.78 is 51.8. The van der Waals surface area contributed by atoms with E-state index in [0.717, 1.165) is 17.1 Å². The van der Waals surface area contributed by atoms with Crippen LogP contribution in [0.3, 0.4) is 0 Å². The normalized spacial score (nSPS) is 11.5. The first-order valence-electron chi connectivity index (χ1n) is 8.18. The number of hydrogen-bond acceptors (Lipinski definition) is 4. The van der Waals surface area contributed by atoms with E-state index >= 15 is 0 Å². The molecule has 1 aromatic carbocycles. The summed E-state index contributed by atoms with van der Waals surface area (Å²) in [5.74, 6) is -1.01. The van der Waals surface area contributed by atoms with Gasteiger partial charge < -0.3 is 4.90 Å². The number of alkyl halides is 3. The molecular formula is C19H15F4N3OS. The van der Waals surface area contributed by atoms with Crippen molar-refractivity contribution in [3.63, 3.8) is 0 Å². The number of thiazole rings is 1. The number of anilines is 1. The summed E-state index contributed by atoms with van der Waals surface area (Å²) in [5, 5.41) is 2.60. The number of benzene rings is 1. The van der Waals surface area contributed by atoms with E-state index in [2.05, 4.69) is 9.97 Å². The van der Waals surface area contributed by atoms with Crippen LogP contribution in [-0.2, 0) is 12.7 Å². The van der Waals surface area contributed by atoms with Crippen LogP contribution in [0.1, 0.15) is 32.4 Å². The zero-order valence-electron chi connectivity index (χ0n) is 14.9. The number of aryl methyl sites for hydroxylation is 2. The minimum Gasteiger partial charge on any atom is -0.302 e. The van der Waals surface area contributed by atoms with E-state index < -0.39 is 23.6 Å². The highest BCUT2D eigenvalue weighted by molar-refractivity contribution is 7.09. The van der Waals surface area contributed by atoms with E-state index in [9.17, 15) is 22.4 Å². The second-order valence-electron chi connectivity index (χ2n) is 6.05. The molecule has 0 spiro atoms. The van der Waals surface area contributed by atoms with Crippen molar-refractivity contribution < 1.29 is 22.4 Å². The molecule has 0 saturated heterocycles. The number of rotatable bonds is 4. The van der Waals surface area contributed by atoms with Gasteiger partial charge in [0.05, 0.1) is 28.5 Å². The number of hydrogen-bond donors (Lipinski definition) is 0. The minimum atomic E-state index is -4.60. The van der Waals surface area contributed by atoms with Crippen molar-refractivity contribution in [2.45, 2.75) is 26.6 Å². The van der Waals surface area contributed by atoms with Crippen LogP contribution in [0.4, 0.5) is 23.2 Å². The first kappa shape index (κ1) is 19.9. The average Bonchev–Trinajstić information content (AvgIpc) is 3.04. The van der Waals surface area contributed by atoms with Gasteiger partial charge >= 0.3 is 6.18 Å². The standard InChI is InChI=1S/C19H15F4N3OS/c1-11-16(7-8-17(24-11)19(21,22)23)18(27)26(9-14-10-28-12(2)25-14)15-5-3-13(20)4-6-15/h3-8,10H,9H2,1-2H3. The Morgan fingerprint density at radius 1 is 1.07 bits per heavy atom. The molecule has 0 saturated carbocycles. The molecule has 3 aromatic rings. The average molecular weight is 409 g/mol. The molecule has 0 aliphatic rings. The molecule has 9 heteroatoms. The molecule has 146 valence electrons. The molecule has 3 rings (SSSR count). The summed E-state index contributed by atoms with van der Waals surface area (Å²) >= 11 is 1.41. The van der Waals surface area contributed by atoms with Gasteiger partial charge in [-0.1, -0.05) is 0 Å². The molecule has 0 N–H and O–H groups in total. The number of amides is 1. The molecule has 0 bridgehead atoms. The van der Waals surface area contributed by atoms with Gasteiger partial charge in [0.25, 0.3) is 5.91 Å². The van der Waals surface area contributed by atoms with Crippen molar-refractivity contribution in [1.82, 2.24) is 9.97 Å². The maximum absolute atomic E-state index is 13.3. The van der Waals surface area contributed by atoms with Gasteiger partial charge in [0, 0.05) is 11.1 Å². The van der Waals surface area contributed by atoms with E-state index in [4.69, 9.17) is 0 Å². The predicted octanol–water partition coefficient (Wildman–Crippen LogP) is 5.16. The molecule has 2 heterocycles. The summed E-state index contributed by atoms with van der Waals surface area (Å²) in [6.45, 7) is 3.26. The number of pyridine rings is 1. The van der Waals surface area contributed by atoms with Crippen LogP contribution in [0.15, 0.2) is 41.8 Å². The lowest BCUT2D eigenvalue weighted by Gasteiger charge is -2.23. The monoisotopic (exact) mass is 409 g/mol. The molecule has 0 aliphatic heterocycles. The lowest BCUT2D eigenvalue weighted by atomic mass is 10.1. The Morgan fingerprint density at radius 3 is 2.29 bits per heavy atom. The van der Waals surface area contributed by atoms with Crippen molar-refractivity contribution in [2.24, 2.45) is 0 Å². The number of nitrogens with zero attached hydrogens (tertiary/aromatic N) is 3. The summed E-state index contributed by atoms with van der Waals surface area (Å²) in [4.78, 5) is 22.3. The number of aromatic nitrogens is 2. The highest BCUT2D eigenvalue weighted by Gasteiger charge is 2.33. The Bertz CT molecular complexity index is 999. The van der Waals surface area contributed by atoms with Crippen LogP contribution in [0.5, 0.6) is 0 Å². The number of halogens is 4. The van der Waals surface area contributed by atoms with E-state index in [-0.39, 0.29) is 17.8 Å². The molecule has 0 radical (unpaired) electrons. The van der Waals surface area contributed by atoms with Crippen molar-refractivity contribution in [1.29, 1.82) is 0 Å². The van der Waals surface area contributed by atoms with Gasteiger partial charge in [0.1, 0.15) is 11.5 Å². The van der Waals surface area contributed by atoms with Gasteiger partial charge in [-0.15, -0.1) is 11.3 Å². The summed E-state index contributed by atoms with van der Waals surface area (Å²) in [5.41, 5.74) is -0.0512. The van der Waals surface area contributed by atoms with E-state index in [0.29, 0.717) is 11.4 Å². The zero-order valence-corrected chi connectivity index (χ0v) is 15.7. The molecule has 0 atom stereocenters. The van der Waals surface area contributed by atoms with Gasteiger partial charge in [0.2, 0.25) is 0 Å². The molecule has 1 amide bonds. The lowest BCUT2D eigenvalue weighted by molar-refractivity contribution is -0.141. The van der Waals surface area contributed by atoms with Gasteiger partial charge in [-0.2, -0.15) is 13.2 Å². The van der Waals surface area contributed by atoms with Crippen LogP contribution in [0.25, 0.3) is 0 Å². The predicted molar refractivity (Wildman–Crippen MR) is 97.7 cm³/mol. The fraction of sp³-hybridized carbons (Fsp3) is 0.211. The largest absolute Gasteiger partial charge is 0.433 e. The second-order valence-corrected chi connectivity index (χ2v) is 7.12. The Hall–Kier alpha value is -2.81. The van der Waals surface area contributed by atoms with Crippen LogP contribution in [0.2, 0.25) is 0 Å². The highest BCUT2D eigenvalue weighted by atomic mass is 32.1. The highest BCUT2D eigenvalue weighted by Crippen LogP contribution is 2.29. The topological polar surface area (TPSA) is 46.1 Å². The van der Waals surface area contributed by atoms with Crippen molar-refractivity contribution in [2.75, 3.05) is 4.90 Å². The van der Waals surface area contributed by atoms with E-state index in [1.54, 1.807) is 5.38 Å². The molecule has 4 nitrogen and oxygen atoms in total. The van der Waals surface area contributed by atoms with E-state index in [1.165, 1.54) is 47.4 Å². The minimum absolute atomic E-state index is 0.0317. The third-order valence-corrected chi connectivity index (χ3v) is 4.80. The van der Waals surface area contributed by atoms with Crippen LogP contribution in [-0.4, -0.2) is 15.9 Å². The molecule has 28 heavy (non-hydrogen) atoms. The third-order valence-electron chi connectivity index (χ3n) is 3.98. The SMILES string of the molecule is Cc1nc(CN(C(=O)c2ccc(C(F)(F)F)nc2C)c2ccc(F)cc2)cs1. The Morgan fingerprint density at radius 2 is 1.75 bits per heavy atom. The van der Waals surface area contributed by atoms with Gasteiger partial charge in [-0.05, 0) is 50.2 Å². The van der Waals surface area contributed by atoms with Gasteiger partial charge in [-0.3, -0.25) is 4.79 Å². The summed E-state index contributed by atoms with van der Waals surface area (Å²) in [7, 11) is 0. The Labute approximate surface area is 162 Å². The number of carbonyl (C=O) groups is 1. The van der Waals surface area contributed by atoms with E-state index in [1.807, 2.05) is 6.92 Å². The fourth-order valence-electron chi connectivity index (χ4n) is 2.63. The lowest BCUT2D eigenvalue weighted by Crippen LogP contribution is -2.31. The van der Waals surface area contributed by atoms with Crippen LogP contribution >= 0.6 is 11.3 Å². The summed E-state index contributed by atoms with van der Waals surface area (Å²) in [6, 6.07) is 7.16. The zero-order chi connectivity index (χ0) is 20.5. The number of carbonyl (C=O) groups excluding carboxylic acids is 1. The summed E-state index contributed by atoms with van der Waals surface area (Å²) in [6.07, 6.45) is -4.60. The maximum atomic E-state index is 13.3. The van der Waals surface area contributed by atoms with Crippen molar-refractivity contribution >= 4 is 22.9 Å². The Kier molecular flexibility index (Phi) is 5.46. The third kappa shape index (κ3) is 4.36. The molecule has 0 fully saturated rings. The quantitative estimate of drug-likeness (QED) is 0.559. The first-order valence-corrected chi connectivity index (χ1v) is 9.06. The van der Waals surface area contributed by atoms with Crippen LogP contribution in [0, 0.1) is 19.7 Å². The van der Waals surface area contributed by atoms with Gasteiger partial charge in [-0.25, -0.2) is 14.4 Å². The molecular weight excluding hydrogens is 394 g/mol. The smallest absolute Gasteiger partial charge is 0.302 e. The Balaban J connectivity index is 1.99. The molecule has 0 unspecified atom stereocenters. The molecule has 2 aromatic heterocycles. The van der Waals surface area contributed by atoms with Crippen molar-refractivity contribution in [3.05, 3.63) is 75.2 Å². The van der Waals surface area contributed by atoms with Crippen LogP contribution < -0.4 is 4.90 Å². The fourth-order valence-corrected chi connectivity index (χ4v) is 3.24. The second kappa shape index (κ2) is 7.67. The first-order chi connectivity index (χ1) is 13.1. The maximum Gasteiger partial charge on any atom is 0.433 e.